The molecule has 30 heavy (non-hydrogen) atoms. The normalized spacial score (nSPS) is 22.6. The lowest BCUT2D eigenvalue weighted by molar-refractivity contribution is -0.131. The fraction of sp³-hybridized carbons (Fsp3) is 0.333. The van der Waals surface area contributed by atoms with Gasteiger partial charge in [-0.05, 0) is 85.7 Å². The quantitative estimate of drug-likeness (QED) is 0.563. The molecule has 3 aromatic rings. The summed E-state index contributed by atoms with van der Waals surface area (Å²) >= 11 is 5.89. The van der Waals surface area contributed by atoms with Crippen molar-refractivity contribution in [2.75, 3.05) is 5.32 Å². The number of carbonyl (C=O) groups excluding carboxylic acids is 1. The van der Waals surface area contributed by atoms with Crippen LogP contribution in [0.2, 0.25) is 5.02 Å². The number of anilines is 1. The van der Waals surface area contributed by atoms with Crippen LogP contribution < -0.4 is 5.32 Å². The summed E-state index contributed by atoms with van der Waals surface area (Å²) in [7, 11) is 0. The van der Waals surface area contributed by atoms with E-state index in [9.17, 15) is 14.3 Å². The number of pyridine rings is 1. The van der Waals surface area contributed by atoms with Crippen LogP contribution in [0.5, 0.6) is 0 Å². The molecule has 0 spiro atoms. The van der Waals surface area contributed by atoms with E-state index >= 15 is 0 Å². The van der Waals surface area contributed by atoms with Crippen LogP contribution in [0.1, 0.15) is 44.1 Å². The van der Waals surface area contributed by atoms with Crippen LogP contribution in [0.25, 0.3) is 10.9 Å². The number of carbonyl (C=O) groups is 1. The van der Waals surface area contributed by atoms with E-state index in [4.69, 9.17) is 11.6 Å². The van der Waals surface area contributed by atoms with Gasteiger partial charge in [-0.25, -0.2) is 4.39 Å². The first-order valence-corrected chi connectivity index (χ1v) is 10.6. The van der Waals surface area contributed by atoms with Gasteiger partial charge in [0, 0.05) is 22.3 Å². The fourth-order valence-electron chi connectivity index (χ4n) is 4.39. The molecular weight excluding hydrogens is 403 g/mol. The summed E-state index contributed by atoms with van der Waals surface area (Å²) in [6.07, 6.45) is 4.21. The number of fused-ring (bicyclic) bond motifs is 1. The van der Waals surface area contributed by atoms with E-state index in [0.29, 0.717) is 23.6 Å². The Kier molecular flexibility index (Phi) is 5.76. The van der Waals surface area contributed by atoms with Gasteiger partial charge in [0.15, 0.2) is 0 Å². The van der Waals surface area contributed by atoms with Crippen molar-refractivity contribution in [3.05, 3.63) is 71.1 Å². The molecule has 0 saturated heterocycles. The summed E-state index contributed by atoms with van der Waals surface area (Å²) in [5.74, 6) is -0.851. The van der Waals surface area contributed by atoms with Crippen molar-refractivity contribution < 1.29 is 14.3 Å². The maximum Gasteiger partial charge on any atom is 0.230 e. The zero-order chi connectivity index (χ0) is 21.3. The molecule has 6 heteroatoms. The number of aromatic nitrogens is 1. The van der Waals surface area contributed by atoms with E-state index in [1.807, 2.05) is 6.07 Å². The number of benzene rings is 2. The average Bonchev–Trinajstić information content (AvgIpc) is 2.75. The van der Waals surface area contributed by atoms with Gasteiger partial charge in [-0.3, -0.25) is 9.78 Å². The van der Waals surface area contributed by atoms with Gasteiger partial charge in [-0.2, -0.15) is 0 Å². The van der Waals surface area contributed by atoms with Crippen molar-refractivity contribution in [1.29, 1.82) is 0 Å². The van der Waals surface area contributed by atoms with Crippen molar-refractivity contribution in [3.63, 3.8) is 0 Å². The Hall–Kier alpha value is -2.50. The van der Waals surface area contributed by atoms with Gasteiger partial charge in [-0.15, -0.1) is 0 Å². The number of rotatable bonds is 4. The second-order valence-corrected chi connectivity index (χ2v) is 8.59. The van der Waals surface area contributed by atoms with Gasteiger partial charge in [0.2, 0.25) is 5.91 Å². The van der Waals surface area contributed by atoms with Crippen LogP contribution in [0.15, 0.2) is 54.7 Å². The van der Waals surface area contributed by atoms with Gasteiger partial charge in [-0.1, -0.05) is 18.5 Å². The van der Waals surface area contributed by atoms with Gasteiger partial charge in [0.25, 0.3) is 0 Å². The lowest BCUT2D eigenvalue weighted by Crippen LogP contribution is -2.45. The second kappa shape index (κ2) is 8.32. The number of aliphatic hydroxyl groups is 1. The summed E-state index contributed by atoms with van der Waals surface area (Å²) in [5.41, 5.74) is 1.41. The molecule has 1 amide bonds. The Balaban J connectivity index is 1.46. The molecule has 0 bridgehead atoms. The third-order valence-electron chi connectivity index (χ3n) is 6.34. The molecule has 4 nitrogen and oxygen atoms in total. The summed E-state index contributed by atoms with van der Waals surface area (Å²) in [6, 6.07) is 13.5. The number of hydrogen-bond donors (Lipinski definition) is 2. The van der Waals surface area contributed by atoms with Crippen molar-refractivity contribution >= 4 is 34.1 Å². The number of amides is 1. The Morgan fingerprint density at radius 2 is 1.90 bits per heavy atom. The van der Waals surface area contributed by atoms with E-state index in [-0.39, 0.29) is 17.6 Å². The Bertz CT molecular complexity index is 1060. The number of nitrogens with zero attached hydrogens (tertiary/aromatic N) is 1. The van der Waals surface area contributed by atoms with E-state index in [1.54, 1.807) is 43.5 Å². The first kappa shape index (κ1) is 20.8. The molecule has 0 unspecified atom stereocenters. The molecule has 1 aliphatic rings. The molecule has 1 saturated carbocycles. The monoisotopic (exact) mass is 426 g/mol. The predicted molar refractivity (Wildman–Crippen MR) is 117 cm³/mol. The SMILES string of the molecule is C[C@H](C(=O)Nc1ccc(Cl)cc1)[C@]1(O)CC[C@@H](c2ccnc3ccc(F)cc32)CC1. The van der Waals surface area contributed by atoms with E-state index in [0.717, 1.165) is 29.3 Å². The maximum atomic E-state index is 13.8. The summed E-state index contributed by atoms with van der Waals surface area (Å²) in [6.45, 7) is 1.77. The smallest absolute Gasteiger partial charge is 0.230 e. The van der Waals surface area contributed by atoms with Crippen LogP contribution in [0, 0.1) is 11.7 Å². The van der Waals surface area contributed by atoms with Crippen LogP contribution in [-0.4, -0.2) is 21.6 Å². The molecule has 2 N–H and O–H groups in total. The number of nitrogens with one attached hydrogen (secondary N) is 1. The summed E-state index contributed by atoms with van der Waals surface area (Å²) in [5, 5.41) is 15.5. The standard InChI is InChI=1S/C24H24ClFN2O2/c1-15(23(29)28-19-5-2-17(25)3-6-19)24(30)11-8-16(9-12-24)20-10-13-27-22-7-4-18(26)14-21(20)22/h2-7,10,13-16,30H,8-9,11-12H2,1H3,(H,28,29)/t15-,16-,24+/m1/s1. The molecule has 1 heterocycles. The van der Waals surface area contributed by atoms with E-state index < -0.39 is 11.5 Å². The molecular formula is C24H24ClFN2O2. The lowest BCUT2D eigenvalue weighted by atomic mass is 9.70. The summed E-state index contributed by atoms with van der Waals surface area (Å²) in [4.78, 5) is 17.0. The minimum Gasteiger partial charge on any atom is -0.389 e. The second-order valence-electron chi connectivity index (χ2n) is 8.16. The first-order chi connectivity index (χ1) is 14.4. The van der Waals surface area contributed by atoms with Crippen LogP contribution in [0.3, 0.4) is 0 Å². The van der Waals surface area contributed by atoms with E-state index in [1.165, 1.54) is 12.1 Å². The molecule has 1 aliphatic carbocycles. The third-order valence-corrected chi connectivity index (χ3v) is 6.59. The Morgan fingerprint density at radius 1 is 1.20 bits per heavy atom. The zero-order valence-electron chi connectivity index (χ0n) is 16.7. The molecule has 1 atom stereocenters. The first-order valence-electron chi connectivity index (χ1n) is 10.2. The van der Waals surface area contributed by atoms with Gasteiger partial charge in [0.1, 0.15) is 5.82 Å². The average molecular weight is 427 g/mol. The highest BCUT2D eigenvalue weighted by molar-refractivity contribution is 6.30. The highest BCUT2D eigenvalue weighted by Gasteiger charge is 2.41. The number of halogens is 2. The van der Waals surface area contributed by atoms with Gasteiger partial charge >= 0.3 is 0 Å². The van der Waals surface area contributed by atoms with Gasteiger partial charge in [0.05, 0.1) is 17.0 Å². The molecule has 1 aromatic heterocycles. The van der Waals surface area contributed by atoms with Crippen molar-refractivity contribution in [2.24, 2.45) is 5.92 Å². The fourth-order valence-corrected chi connectivity index (χ4v) is 4.51. The highest BCUT2D eigenvalue weighted by Crippen LogP contribution is 2.43. The molecule has 2 aromatic carbocycles. The van der Waals surface area contributed by atoms with Crippen LogP contribution >= 0.6 is 11.6 Å². The Morgan fingerprint density at radius 3 is 2.60 bits per heavy atom. The maximum absolute atomic E-state index is 13.8. The third kappa shape index (κ3) is 4.18. The largest absolute Gasteiger partial charge is 0.389 e. The highest BCUT2D eigenvalue weighted by atomic mass is 35.5. The minimum atomic E-state index is -1.07. The lowest BCUT2D eigenvalue weighted by Gasteiger charge is -2.40. The molecule has 0 radical (unpaired) electrons. The van der Waals surface area contributed by atoms with E-state index in [2.05, 4.69) is 10.3 Å². The topological polar surface area (TPSA) is 62.2 Å². The molecule has 1 fully saturated rings. The van der Waals surface area contributed by atoms with Crippen molar-refractivity contribution in [1.82, 2.24) is 4.98 Å². The summed E-state index contributed by atoms with van der Waals surface area (Å²) < 4.78 is 13.8. The molecule has 4 rings (SSSR count). The Labute approximate surface area is 180 Å². The zero-order valence-corrected chi connectivity index (χ0v) is 17.5. The van der Waals surface area contributed by atoms with Crippen LogP contribution in [0.4, 0.5) is 10.1 Å². The predicted octanol–water partition coefficient (Wildman–Crippen LogP) is 5.69. The van der Waals surface area contributed by atoms with Crippen LogP contribution in [-0.2, 0) is 4.79 Å². The van der Waals surface area contributed by atoms with Crippen molar-refractivity contribution in [3.8, 4) is 0 Å². The molecule has 156 valence electrons. The molecule has 0 aliphatic heterocycles. The minimum absolute atomic E-state index is 0.198. The number of hydrogen-bond acceptors (Lipinski definition) is 3. The van der Waals surface area contributed by atoms with Crippen molar-refractivity contribution in [2.45, 2.75) is 44.1 Å². The van der Waals surface area contributed by atoms with Gasteiger partial charge < -0.3 is 10.4 Å².